The molecule has 0 saturated carbocycles. The lowest BCUT2D eigenvalue weighted by Gasteiger charge is -2.34. The highest BCUT2D eigenvalue weighted by molar-refractivity contribution is 6.34. The predicted octanol–water partition coefficient (Wildman–Crippen LogP) is 5.38. The molecule has 1 saturated heterocycles. The Balaban J connectivity index is 1.14. The summed E-state index contributed by atoms with van der Waals surface area (Å²) < 4.78 is 0. The van der Waals surface area contributed by atoms with Gasteiger partial charge in [-0.2, -0.15) is 0 Å². The van der Waals surface area contributed by atoms with E-state index in [9.17, 15) is 14.4 Å². The lowest BCUT2D eigenvalue weighted by molar-refractivity contribution is -0.110. The minimum atomic E-state index is -0.406. The third-order valence-electron chi connectivity index (χ3n) is 7.58. The summed E-state index contributed by atoms with van der Waals surface area (Å²) in [5.74, 6) is -0.900. The molecule has 216 valence electrons. The van der Waals surface area contributed by atoms with Crippen LogP contribution in [0.1, 0.15) is 31.8 Å². The monoisotopic (exact) mass is 592 g/mol. The van der Waals surface area contributed by atoms with Crippen LogP contribution >= 0.6 is 11.6 Å². The number of amides is 2. The van der Waals surface area contributed by atoms with Crippen molar-refractivity contribution in [2.24, 2.45) is 0 Å². The zero-order valence-electron chi connectivity index (χ0n) is 23.4. The van der Waals surface area contributed by atoms with Gasteiger partial charge in [-0.1, -0.05) is 35.9 Å². The van der Waals surface area contributed by atoms with E-state index in [-0.39, 0.29) is 22.3 Å². The van der Waals surface area contributed by atoms with Crippen LogP contribution in [0.4, 0.5) is 22.7 Å². The number of ketones is 1. The zero-order valence-corrected chi connectivity index (χ0v) is 24.2. The second-order valence-electron chi connectivity index (χ2n) is 10.5. The first-order valence-electron chi connectivity index (χ1n) is 13.9. The van der Waals surface area contributed by atoms with E-state index >= 15 is 0 Å². The van der Waals surface area contributed by atoms with Crippen LogP contribution < -0.4 is 20.9 Å². The number of piperazine rings is 1. The highest BCUT2D eigenvalue weighted by atomic mass is 35.5. The normalized spacial score (nSPS) is 15.6. The molecule has 10 heteroatoms. The number of carbonyl (C=O) groups excluding carboxylic acids is 3. The van der Waals surface area contributed by atoms with Crippen molar-refractivity contribution < 1.29 is 14.4 Å². The van der Waals surface area contributed by atoms with Gasteiger partial charge in [0.1, 0.15) is 0 Å². The van der Waals surface area contributed by atoms with Gasteiger partial charge in [-0.05, 0) is 55.6 Å². The highest BCUT2D eigenvalue weighted by Crippen LogP contribution is 2.33. The molecule has 3 N–H and O–H groups in total. The summed E-state index contributed by atoms with van der Waals surface area (Å²) in [7, 11) is 2.14. The Kier molecular flexibility index (Phi) is 7.91. The number of nitrogens with one attached hydrogen (secondary N) is 3. The van der Waals surface area contributed by atoms with Gasteiger partial charge in [0.25, 0.3) is 11.8 Å². The summed E-state index contributed by atoms with van der Waals surface area (Å²) in [6, 6.07) is 21.5. The molecule has 0 unspecified atom stereocenters. The van der Waals surface area contributed by atoms with Crippen molar-refractivity contribution in [2.75, 3.05) is 54.1 Å². The Morgan fingerprint density at radius 3 is 2.47 bits per heavy atom. The van der Waals surface area contributed by atoms with Gasteiger partial charge in [-0.25, -0.2) is 0 Å². The second-order valence-corrected chi connectivity index (χ2v) is 10.9. The molecule has 0 aliphatic carbocycles. The fourth-order valence-electron chi connectivity index (χ4n) is 5.13. The molecule has 0 atom stereocenters. The van der Waals surface area contributed by atoms with Gasteiger partial charge in [0.15, 0.2) is 5.78 Å². The number of likely N-dealkylation sites (N-methyl/N-ethyl adjacent to an activating group) is 1. The molecule has 1 fully saturated rings. The minimum absolute atomic E-state index is 0.232. The Hall–Kier alpha value is -4.99. The van der Waals surface area contributed by atoms with Crippen LogP contribution in [0.5, 0.6) is 0 Å². The Labute approximate surface area is 254 Å². The molecular formula is C33H29ClN6O3. The van der Waals surface area contributed by atoms with Crippen molar-refractivity contribution in [3.63, 3.8) is 0 Å². The van der Waals surface area contributed by atoms with Gasteiger partial charge in [0.05, 0.1) is 16.2 Å². The van der Waals surface area contributed by atoms with Crippen LogP contribution in [0, 0.1) is 0 Å². The smallest absolute Gasteiger partial charge is 0.257 e. The number of carbonyl (C=O) groups is 3. The number of nitrogens with zero attached hydrogens (tertiary/aromatic N) is 3. The number of pyridine rings is 1. The van der Waals surface area contributed by atoms with E-state index in [1.54, 1.807) is 48.7 Å². The van der Waals surface area contributed by atoms with Gasteiger partial charge in [-0.15, -0.1) is 0 Å². The number of hydrogen-bond acceptors (Lipinski definition) is 7. The molecular weight excluding hydrogens is 564 g/mol. The molecule has 6 rings (SSSR count). The van der Waals surface area contributed by atoms with Crippen molar-refractivity contribution in [1.29, 1.82) is 0 Å². The highest BCUT2D eigenvalue weighted by Gasteiger charge is 2.25. The topological polar surface area (TPSA) is 107 Å². The molecule has 2 amide bonds. The van der Waals surface area contributed by atoms with Crippen molar-refractivity contribution in [1.82, 2.24) is 9.88 Å². The Morgan fingerprint density at radius 2 is 1.70 bits per heavy atom. The van der Waals surface area contributed by atoms with E-state index in [0.29, 0.717) is 33.6 Å². The maximum Gasteiger partial charge on any atom is 0.257 e. The van der Waals surface area contributed by atoms with Gasteiger partial charge in [-0.3, -0.25) is 19.4 Å². The van der Waals surface area contributed by atoms with E-state index in [4.69, 9.17) is 11.6 Å². The van der Waals surface area contributed by atoms with E-state index < -0.39 is 5.91 Å². The van der Waals surface area contributed by atoms with Crippen LogP contribution in [-0.4, -0.2) is 60.7 Å². The summed E-state index contributed by atoms with van der Waals surface area (Å²) >= 11 is 6.08. The van der Waals surface area contributed by atoms with E-state index in [1.165, 1.54) is 24.1 Å². The standard InChI is InChI=1S/C33H29ClN6O3/c1-39-13-15-40(16-14-39)25-8-6-23(7-9-25)36-19-28-26-10-5-22(18-30(26)38-33(28)43)31(41)21-3-2-4-24(17-21)37-32(42)27-11-12-35-20-29(27)34/h2-12,17-20,36H,13-16H2,1H3,(H,37,42)(H,38,43)/b28-19+. The van der Waals surface area contributed by atoms with Crippen LogP contribution in [0.2, 0.25) is 5.02 Å². The van der Waals surface area contributed by atoms with Crippen LogP contribution in [0.3, 0.4) is 0 Å². The SMILES string of the molecule is CN1CCN(c2ccc(N/C=C3/C(=O)Nc4cc(C(=O)c5cccc(NC(=O)c6ccncc6Cl)c5)ccc43)cc2)CC1. The molecule has 2 aliphatic rings. The van der Waals surface area contributed by atoms with Gasteiger partial charge in [0, 0.05) is 84.2 Å². The van der Waals surface area contributed by atoms with Crippen LogP contribution in [-0.2, 0) is 4.79 Å². The number of benzene rings is 3. The summed E-state index contributed by atoms with van der Waals surface area (Å²) in [6.07, 6.45) is 4.57. The number of aromatic nitrogens is 1. The maximum atomic E-state index is 13.4. The van der Waals surface area contributed by atoms with E-state index in [2.05, 4.69) is 49.9 Å². The first kappa shape index (κ1) is 28.1. The summed E-state index contributed by atoms with van der Waals surface area (Å²) in [6.45, 7) is 4.08. The Morgan fingerprint density at radius 1 is 0.930 bits per heavy atom. The van der Waals surface area contributed by atoms with Crippen molar-refractivity contribution in [3.8, 4) is 0 Å². The largest absolute Gasteiger partial charge is 0.369 e. The third-order valence-corrected chi connectivity index (χ3v) is 7.88. The molecule has 0 spiro atoms. The van der Waals surface area contributed by atoms with Gasteiger partial charge in [0.2, 0.25) is 0 Å². The molecule has 4 aromatic rings. The average molecular weight is 593 g/mol. The second kappa shape index (κ2) is 12.1. The molecule has 3 aromatic carbocycles. The minimum Gasteiger partial charge on any atom is -0.369 e. The molecule has 0 radical (unpaired) electrons. The number of rotatable bonds is 7. The lowest BCUT2D eigenvalue weighted by Crippen LogP contribution is -2.44. The van der Waals surface area contributed by atoms with Gasteiger partial charge < -0.3 is 25.8 Å². The van der Waals surface area contributed by atoms with Gasteiger partial charge >= 0.3 is 0 Å². The summed E-state index contributed by atoms with van der Waals surface area (Å²) in [5, 5.41) is 9.10. The van der Waals surface area contributed by atoms with E-state index in [0.717, 1.165) is 31.9 Å². The predicted molar refractivity (Wildman–Crippen MR) is 170 cm³/mol. The van der Waals surface area contributed by atoms with Crippen molar-refractivity contribution in [3.05, 3.63) is 119 Å². The van der Waals surface area contributed by atoms with Crippen LogP contribution in [0.25, 0.3) is 5.57 Å². The van der Waals surface area contributed by atoms with E-state index in [1.807, 2.05) is 12.1 Å². The first-order chi connectivity index (χ1) is 20.9. The van der Waals surface area contributed by atoms with Crippen LogP contribution in [0.15, 0.2) is 91.4 Å². The molecule has 1 aromatic heterocycles. The Bertz CT molecular complexity index is 1750. The zero-order chi connectivity index (χ0) is 29.9. The van der Waals surface area contributed by atoms with Crippen molar-refractivity contribution >= 4 is 57.5 Å². The number of fused-ring (bicyclic) bond motifs is 1. The number of hydrogen-bond donors (Lipinski definition) is 3. The number of anilines is 4. The molecule has 43 heavy (non-hydrogen) atoms. The summed E-state index contributed by atoms with van der Waals surface area (Å²) in [5.41, 5.74) is 5.33. The maximum absolute atomic E-state index is 13.4. The molecule has 2 aliphatic heterocycles. The number of halogens is 1. The lowest BCUT2D eigenvalue weighted by atomic mass is 9.99. The first-order valence-corrected chi connectivity index (χ1v) is 14.3. The quantitative estimate of drug-likeness (QED) is 0.195. The molecule has 0 bridgehead atoms. The molecule has 3 heterocycles. The summed E-state index contributed by atoms with van der Waals surface area (Å²) in [4.78, 5) is 47.4. The fourth-order valence-corrected chi connectivity index (χ4v) is 5.34. The van der Waals surface area contributed by atoms with Crippen molar-refractivity contribution in [2.45, 2.75) is 0 Å². The average Bonchev–Trinajstić information content (AvgIpc) is 3.34. The fraction of sp³-hybridized carbons (Fsp3) is 0.152. The molecule has 9 nitrogen and oxygen atoms in total. The third kappa shape index (κ3) is 6.13.